The van der Waals surface area contributed by atoms with Crippen LogP contribution in [0.2, 0.25) is 0 Å². The number of aromatic carboxylic acids is 1. The van der Waals surface area contributed by atoms with Gasteiger partial charge in [-0.15, -0.1) is 0 Å². The summed E-state index contributed by atoms with van der Waals surface area (Å²) in [5.41, 5.74) is 10.3. The molecule has 0 spiro atoms. The molecule has 0 aliphatic carbocycles. The van der Waals surface area contributed by atoms with Crippen LogP contribution in [0.5, 0.6) is 0 Å². The predicted molar refractivity (Wildman–Crippen MR) is 136 cm³/mol. The number of hydrogen-bond donors (Lipinski definition) is 3. The Hall–Kier alpha value is -3.10. The molecule has 33 heavy (non-hydrogen) atoms. The molecular formula is C25H31N5O2S. The van der Waals surface area contributed by atoms with Gasteiger partial charge in [0.15, 0.2) is 0 Å². The number of anilines is 2. The Morgan fingerprint density at radius 3 is 2.45 bits per heavy atom. The van der Waals surface area contributed by atoms with Crippen LogP contribution in [0.1, 0.15) is 35.3 Å². The minimum Gasteiger partial charge on any atom is -0.478 e. The number of aromatic nitrogens is 2. The average molecular weight is 466 g/mol. The molecule has 3 rings (SSSR count). The molecule has 0 atom stereocenters. The van der Waals surface area contributed by atoms with Crippen LogP contribution < -0.4 is 15.4 Å². The zero-order valence-electron chi connectivity index (χ0n) is 19.5. The Morgan fingerprint density at radius 2 is 1.82 bits per heavy atom. The van der Waals surface area contributed by atoms with E-state index in [0.29, 0.717) is 25.0 Å². The number of hydrogen-bond acceptors (Lipinski definition) is 7. The molecule has 0 amide bonds. The lowest BCUT2D eigenvalue weighted by molar-refractivity contribution is 0.0696. The number of carboxylic acids is 1. The third-order valence-electron chi connectivity index (χ3n) is 5.10. The molecular weight excluding hydrogens is 434 g/mol. The lowest BCUT2D eigenvalue weighted by Gasteiger charge is -2.26. The number of aryl methyl sites for hydroxylation is 2. The molecule has 0 aliphatic rings. The Balaban J connectivity index is 2.01. The number of carboxylic acid groups (broad SMARTS) is 1. The van der Waals surface area contributed by atoms with Crippen LogP contribution in [0, 0.1) is 19.8 Å². The zero-order chi connectivity index (χ0) is 24.0. The van der Waals surface area contributed by atoms with Crippen molar-refractivity contribution in [3.8, 4) is 11.3 Å². The molecule has 0 bridgehead atoms. The van der Waals surface area contributed by atoms with Gasteiger partial charge in [0.2, 0.25) is 5.95 Å². The van der Waals surface area contributed by atoms with E-state index in [-0.39, 0.29) is 5.56 Å². The van der Waals surface area contributed by atoms with E-state index in [1.807, 2.05) is 18.2 Å². The van der Waals surface area contributed by atoms with Gasteiger partial charge in [0.25, 0.3) is 0 Å². The molecule has 0 fully saturated rings. The minimum atomic E-state index is -0.959. The largest absolute Gasteiger partial charge is 0.478 e. The van der Waals surface area contributed by atoms with Crippen molar-refractivity contribution in [1.82, 2.24) is 9.97 Å². The summed E-state index contributed by atoms with van der Waals surface area (Å²) in [6.07, 6.45) is 0. The molecule has 7 nitrogen and oxygen atoms in total. The summed E-state index contributed by atoms with van der Waals surface area (Å²) in [6, 6.07) is 15.0. The van der Waals surface area contributed by atoms with Crippen molar-refractivity contribution in [2.24, 2.45) is 11.7 Å². The highest BCUT2D eigenvalue weighted by atomic mass is 32.2. The summed E-state index contributed by atoms with van der Waals surface area (Å²) in [4.78, 5) is 23.8. The summed E-state index contributed by atoms with van der Waals surface area (Å²) in [6.45, 7) is 10.5. The molecule has 4 N–H and O–H groups in total. The Kier molecular flexibility index (Phi) is 8.30. The van der Waals surface area contributed by atoms with Gasteiger partial charge in [-0.3, -0.25) is 4.72 Å². The zero-order valence-corrected chi connectivity index (χ0v) is 20.3. The molecule has 1 aromatic heterocycles. The number of nitrogens with zero attached hydrogens (tertiary/aromatic N) is 3. The topological polar surface area (TPSA) is 104 Å². The van der Waals surface area contributed by atoms with E-state index in [1.54, 1.807) is 18.2 Å². The molecule has 0 saturated carbocycles. The number of rotatable bonds is 10. The lowest BCUT2D eigenvalue weighted by atomic mass is 10.00. The monoisotopic (exact) mass is 465 g/mol. The average Bonchev–Trinajstić information content (AvgIpc) is 2.77. The molecule has 3 aromatic rings. The second-order valence-electron chi connectivity index (χ2n) is 8.37. The fourth-order valence-electron chi connectivity index (χ4n) is 3.68. The smallest absolute Gasteiger partial charge is 0.335 e. The maximum absolute atomic E-state index is 11.3. The highest BCUT2D eigenvalue weighted by Gasteiger charge is 2.16. The summed E-state index contributed by atoms with van der Waals surface area (Å²) in [5.74, 6) is 0.754. The normalized spacial score (nSPS) is 11.0. The van der Waals surface area contributed by atoms with E-state index >= 15 is 0 Å². The van der Waals surface area contributed by atoms with E-state index in [1.165, 1.54) is 11.9 Å². The number of carbonyl (C=O) groups is 1. The first-order chi connectivity index (χ1) is 15.8. The third-order valence-corrected chi connectivity index (χ3v) is 5.87. The van der Waals surface area contributed by atoms with Gasteiger partial charge >= 0.3 is 5.97 Å². The fourth-order valence-corrected chi connectivity index (χ4v) is 4.31. The van der Waals surface area contributed by atoms with Gasteiger partial charge in [0.1, 0.15) is 5.82 Å². The van der Waals surface area contributed by atoms with Crippen LogP contribution in [-0.4, -0.2) is 40.7 Å². The van der Waals surface area contributed by atoms with E-state index in [0.717, 1.165) is 39.6 Å². The Bertz CT molecular complexity index is 1100. The molecule has 8 heteroatoms. The maximum Gasteiger partial charge on any atom is 0.335 e. The van der Waals surface area contributed by atoms with Gasteiger partial charge < -0.3 is 15.7 Å². The van der Waals surface area contributed by atoms with Crippen molar-refractivity contribution >= 4 is 29.7 Å². The first-order valence-corrected chi connectivity index (χ1v) is 11.8. The second kappa shape index (κ2) is 11.2. The van der Waals surface area contributed by atoms with Crippen molar-refractivity contribution in [1.29, 1.82) is 0 Å². The van der Waals surface area contributed by atoms with Gasteiger partial charge in [0, 0.05) is 36.2 Å². The summed E-state index contributed by atoms with van der Waals surface area (Å²) < 4.78 is 3.21. The SMILES string of the molecule is Cc1cccc(C)c1-c1cc(N(CCN)CC(C)C)nc(NSc2cccc(C(=O)O)c2)n1. The first kappa shape index (κ1) is 24.5. The Morgan fingerprint density at radius 1 is 1.12 bits per heavy atom. The first-order valence-electron chi connectivity index (χ1n) is 11.0. The molecule has 1 heterocycles. The van der Waals surface area contributed by atoms with Gasteiger partial charge in [-0.2, -0.15) is 4.98 Å². The number of benzene rings is 2. The predicted octanol–water partition coefficient (Wildman–Crippen LogP) is 5.00. The fraction of sp³-hybridized carbons (Fsp3) is 0.320. The van der Waals surface area contributed by atoms with Crippen LogP contribution in [0.3, 0.4) is 0 Å². The van der Waals surface area contributed by atoms with E-state index in [9.17, 15) is 9.90 Å². The number of nitrogens with two attached hydrogens (primary N) is 1. The van der Waals surface area contributed by atoms with Crippen molar-refractivity contribution < 1.29 is 9.90 Å². The molecule has 0 unspecified atom stereocenters. The highest BCUT2D eigenvalue weighted by Crippen LogP contribution is 2.30. The van der Waals surface area contributed by atoms with Crippen molar-refractivity contribution in [3.63, 3.8) is 0 Å². The standard InChI is InChI=1S/C25H31N5O2S/c1-16(2)15-30(12-11-26)22-14-21(23-17(3)7-5-8-18(23)4)27-25(28-22)29-33-20-10-6-9-19(13-20)24(31)32/h5-10,13-14,16H,11-12,15,26H2,1-4H3,(H,31,32)(H,27,28,29). The lowest BCUT2D eigenvalue weighted by Crippen LogP contribution is -2.33. The number of nitrogens with one attached hydrogen (secondary N) is 1. The van der Waals surface area contributed by atoms with Crippen molar-refractivity contribution in [3.05, 3.63) is 65.2 Å². The van der Waals surface area contributed by atoms with Gasteiger partial charge in [-0.1, -0.05) is 38.1 Å². The van der Waals surface area contributed by atoms with Crippen molar-refractivity contribution in [2.45, 2.75) is 32.6 Å². The highest BCUT2D eigenvalue weighted by molar-refractivity contribution is 8.00. The molecule has 0 aliphatic heterocycles. The second-order valence-corrected chi connectivity index (χ2v) is 9.25. The van der Waals surface area contributed by atoms with E-state index in [4.69, 9.17) is 15.7 Å². The third kappa shape index (κ3) is 6.46. The summed E-state index contributed by atoms with van der Waals surface area (Å²) in [5, 5.41) is 9.26. The minimum absolute atomic E-state index is 0.235. The van der Waals surface area contributed by atoms with E-state index < -0.39 is 5.97 Å². The molecule has 174 valence electrons. The Labute approximate surface area is 199 Å². The van der Waals surface area contributed by atoms with Gasteiger partial charge in [0.05, 0.1) is 11.3 Å². The summed E-state index contributed by atoms with van der Waals surface area (Å²) in [7, 11) is 0. The quantitative estimate of drug-likeness (QED) is 0.359. The van der Waals surface area contributed by atoms with Gasteiger partial charge in [-0.05, 0) is 61.0 Å². The molecule has 2 aromatic carbocycles. The van der Waals surface area contributed by atoms with Gasteiger partial charge in [-0.25, -0.2) is 9.78 Å². The van der Waals surface area contributed by atoms with Crippen LogP contribution >= 0.6 is 11.9 Å². The molecule has 0 saturated heterocycles. The van der Waals surface area contributed by atoms with Crippen LogP contribution in [0.4, 0.5) is 11.8 Å². The van der Waals surface area contributed by atoms with Crippen LogP contribution in [-0.2, 0) is 0 Å². The van der Waals surface area contributed by atoms with Crippen molar-refractivity contribution in [2.75, 3.05) is 29.3 Å². The summed E-state index contributed by atoms with van der Waals surface area (Å²) >= 11 is 1.28. The molecule has 0 radical (unpaired) electrons. The van der Waals surface area contributed by atoms with Crippen LogP contribution in [0.25, 0.3) is 11.3 Å². The maximum atomic E-state index is 11.3. The van der Waals surface area contributed by atoms with Crippen LogP contribution in [0.15, 0.2) is 53.4 Å². The van der Waals surface area contributed by atoms with E-state index in [2.05, 4.69) is 49.4 Å².